The molecule has 1 N–H and O–H groups in total. The van der Waals surface area contributed by atoms with Gasteiger partial charge in [0.2, 0.25) is 10.0 Å². The van der Waals surface area contributed by atoms with E-state index < -0.39 is 10.0 Å². The van der Waals surface area contributed by atoms with Gasteiger partial charge in [0.1, 0.15) is 0 Å². The summed E-state index contributed by atoms with van der Waals surface area (Å²) in [5, 5.41) is 1.95. The van der Waals surface area contributed by atoms with Gasteiger partial charge in [-0.15, -0.1) is 11.3 Å². The Labute approximate surface area is 123 Å². The van der Waals surface area contributed by atoms with Gasteiger partial charge in [0, 0.05) is 4.88 Å². The lowest BCUT2D eigenvalue weighted by Crippen LogP contribution is -2.26. The molecule has 1 aliphatic rings. The minimum absolute atomic E-state index is 0.201. The van der Waals surface area contributed by atoms with Crippen LogP contribution in [0.4, 0.5) is 0 Å². The highest BCUT2D eigenvalue weighted by molar-refractivity contribution is 7.89. The van der Waals surface area contributed by atoms with Crippen LogP contribution in [0, 0.1) is 0 Å². The summed E-state index contributed by atoms with van der Waals surface area (Å²) in [4.78, 5) is 1.40. The second-order valence-corrected chi connectivity index (χ2v) is 7.84. The number of fused-ring (bicyclic) bond motifs is 1. The monoisotopic (exact) mass is 307 g/mol. The predicted octanol–water partition coefficient (Wildman–Crippen LogP) is 3.28. The Kier molecular flexibility index (Phi) is 3.67. The minimum Gasteiger partial charge on any atom is -0.207 e. The Bertz CT molecular complexity index is 705. The summed E-state index contributed by atoms with van der Waals surface area (Å²) in [6.45, 7) is 1.87. The van der Waals surface area contributed by atoms with Crippen molar-refractivity contribution in [2.75, 3.05) is 0 Å². The van der Waals surface area contributed by atoms with Gasteiger partial charge in [0.05, 0.1) is 10.9 Å². The molecule has 1 aliphatic carbocycles. The Morgan fingerprint density at radius 2 is 2.00 bits per heavy atom. The zero-order valence-electron chi connectivity index (χ0n) is 11.3. The molecule has 1 heterocycles. The normalized spacial score (nSPS) is 16.1. The topological polar surface area (TPSA) is 46.2 Å². The van der Waals surface area contributed by atoms with Crippen molar-refractivity contribution in [1.82, 2.24) is 4.72 Å². The van der Waals surface area contributed by atoms with E-state index in [0.29, 0.717) is 4.90 Å². The number of sulfonamides is 1. The van der Waals surface area contributed by atoms with Gasteiger partial charge in [-0.25, -0.2) is 13.1 Å². The summed E-state index contributed by atoms with van der Waals surface area (Å²) in [6, 6.07) is 9.17. The van der Waals surface area contributed by atoms with Crippen LogP contribution in [0.25, 0.3) is 0 Å². The zero-order chi connectivity index (χ0) is 14.2. The molecule has 0 amide bonds. The molecule has 0 radical (unpaired) electrons. The van der Waals surface area contributed by atoms with Crippen LogP contribution in [0.3, 0.4) is 0 Å². The highest BCUT2D eigenvalue weighted by atomic mass is 32.2. The number of hydrogen-bond acceptors (Lipinski definition) is 3. The SMILES string of the molecule is C[C@@H](NS(=O)(=O)c1ccc2c(c1)CCC2)c1cccs1. The second-order valence-electron chi connectivity index (χ2n) is 5.14. The summed E-state index contributed by atoms with van der Waals surface area (Å²) < 4.78 is 27.6. The largest absolute Gasteiger partial charge is 0.241 e. The van der Waals surface area contributed by atoms with Gasteiger partial charge in [0.25, 0.3) is 0 Å². The average molecular weight is 307 g/mol. The van der Waals surface area contributed by atoms with Crippen molar-refractivity contribution in [1.29, 1.82) is 0 Å². The molecule has 1 aromatic carbocycles. The van der Waals surface area contributed by atoms with Crippen molar-refractivity contribution >= 4 is 21.4 Å². The Morgan fingerprint density at radius 1 is 1.20 bits per heavy atom. The van der Waals surface area contributed by atoms with Crippen molar-refractivity contribution in [3.05, 3.63) is 51.7 Å². The Morgan fingerprint density at radius 3 is 2.75 bits per heavy atom. The number of thiophene rings is 1. The number of nitrogens with one attached hydrogen (secondary N) is 1. The van der Waals surface area contributed by atoms with Crippen LogP contribution in [0.1, 0.15) is 35.4 Å². The molecule has 20 heavy (non-hydrogen) atoms. The number of hydrogen-bond donors (Lipinski definition) is 1. The van der Waals surface area contributed by atoms with E-state index in [2.05, 4.69) is 4.72 Å². The third-order valence-corrected chi connectivity index (χ3v) is 6.28. The average Bonchev–Trinajstić information content (AvgIpc) is 3.08. The van der Waals surface area contributed by atoms with E-state index in [1.54, 1.807) is 17.4 Å². The van der Waals surface area contributed by atoms with Gasteiger partial charge < -0.3 is 0 Å². The van der Waals surface area contributed by atoms with Gasteiger partial charge in [-0.2, -0.15) is 0 Å². The smallest absolute Gasteiger partial charge is 0.207 e. The quantitative estimate of drug-likeness (QED) is 0.942. The third-order valence-electron chi connectivity index (χ3n) is 3.68. The van der Waals surface area contributed by atoms with Crippen LogP contribution < -0.4 is 4.72 Å². The third kappa shape index (κ3) is 2.66. The van der Waals surface area contributed by atoms with E-state index >= 15 is 0 Å². The summed E-state index contributed by atoms with van der Waals surface area (Å²) in [5.41, 5.74) is 2.46. The Balaban J connectivity index is 1.85. The maximum atomic E-state index is 12.4. The molecule has 0 fully saturated rings. The molecule has 0 saturated carbocycles. The van der Waals surface area contributed by atoms with E-state index in [4.69, 9.17) is 0 Å². The number of rotatable bonds is 4. The van der Waals surface area contributed by atoms with E-state index in [0.717, 1.165) is 24.1 Å². The summed E-state index contributed by atoms with van der Waals surface area (Å²) in [6.07, 6.45) is 3.17. The fraction of sp³-hybridized carbons (Fsp3) is 0.333. The van der Waals surface area contributed by atoms with E-state index in [-0.39, 0.29) is 6.04 Å². The van der Waals surface area contributed by atoms with Gasteiger partial charge in [0.15, 0.2) is 0 Å². The van der Waals surface area contributed by atoms with Crippen LogP contribution in [0.5, 0.6) is 0 Å². The number of aryl methyl sites for hydroxylation is 2. The Hall–Kier alpha value is -1.17. The zero-order valence-corrected chi connectivity index (χ0v) is 12.9. The maximum absolute atomic E-state index is 12.4. The van der Waals surface area contributed by atoms with Crippen LogP contribution >= 0.6 is 11.3 Å². The second kappa shape index (κ2) is 5.31. The first kappa shape index (κ1) is 13.8. The first-order valence-corrected chi connectivity index (χ1v) is 9.10. The van der Waals surface area contributed by atoms with E-state index in [1.165, 1.54) is 11.1 Å². The molecule has 0 spiro atoms. The molecular weight excluding hydrogens is 290 g/mol. The summed E-state index contributed by atoms with van der Waals surface area (Å²) in [7, 11) is -3.45. The molecule has 0 saturated heterocycles. The number of benzene rings is 1. The molecule has 0 aliphatic heterocycles. The highest BCUT2D eigenvalue weighted by Crippen LogP contribution is 2.26. The maximum Gasteiger partial charge on any atom is 0.241 e. The molecule has 106 valence electrons. The first-order chi connectivity index (χ1) is 9.56. The molecule has 0 bridgehead atoms. The molecule has 2 aromatic rings. The molecular formula is C15H17NO2S2. The van der Waals surface area contributed by atoms with Crippen LogP contribution in [0.2, 0.25) is 0 Å². The minimum atomic E-state index is -3.45. The van der Waals surface area contributed by atoms with Gasteiger partial charge in [-0.3, -0.25) is 0 Å². The van der Waals surface area contributed by atoms with Crippen molar-refractivity contribution in [3.63, 3.8) is 0 Å². The molecule has 0 unspecified atom stereocenters. The lowest BCUT2D eigenvalue weighted by atomic mass is 10.1. The summed E-state index contributed by atoms with van der Waals surface area (Å²) in [5.74, 6) is 0. The van der Waals surface area contributed by atoms with Gasteiger partial charge in [-0.05, 0) is 60.9 Å². The summed E-state index contributed by atoms with van der Waals surface area (Å²) >= 11 is 1.56. The highest BCUT2D eigenvalue weighted by Gasteiger charge is 2.21. The van der Waals surface area contributed by atoms with E-state index in [1.807, 2.05) is 36.6 Å². The standard InChI is InChI=1S/C15H17NO2S2/c1-11(15-6-3-9-19-15)16-20(17,18)14-8-7-12-4-2-5-13(12)10-14/h3,6-11,16H,2,4-5H2,1H3/t11-/m1/s1. The van der Waals surface area contributed by atoms with Gasteiger partial charge in [-0.1, -0.05) is 12.1 Å². The molecule has 3 rings (SSSR count). The van der Waals surface area contributed by atoms with E-state index in [9.17, 15) is 8.42 Å². The van der Waals surface area contributed by atoms with Crippen molar-refractivity contribution in [3.8, 4) is 0 Å². The van der Waals surface area contributed by atoms with Gasteiger partial charge >= 0.3 is 0 Å². The van der Waals surface area contributed by atoms with Crippen LogP contribution in [-0.4, -0.2) is 8.42 Å². The molecule has 1 aromatic heterocycles. The fourth-order valence-electron chi connectivity index (χ4n) is 2.61. The van der Waals surface area contributed by atoms with Crippen molar-refractivity contribution in [2.24, 2.45) is 0 Å². The lowest BCUT2D eigenvalue weighted by Gasteiger charge is -2.13. The lowest BCUT2D eigenvalue weighted by molar-refractivity contribution is 0.568. The molecule has 5 heteroatoms. The van der Waals surface area contributed by atoms with Crippen LogP contribution in [-0.2, 0) is 22.9 Å². The fourth-order valence-corrected chi connectivity index (χ4v) is 4.69. The molecule has 3 nitrogen and oxygen atoms in total. The van der Waals surface area contributed by atoms with Crippen molar-refractivity contribution < 1.29 is 8.42 Å². The predicted molar refractivity (Wildman–Crippen MR) is 81.5 cm³/mol. The molecule has 1 atom stereocenters. The van der Waals surface area contributed by atoms with Crippen LogP contribution in [0.15, 0.2) is 40.6 Å². The van der Waals surface area contributed by atoms with Crippen molar-refractivity contribution in [2.45, 2.75) is 37.1 Å². The first-order valence-electron chi connectivity index (χ1n) is 6.74.